The van der Waals surface area contributed by atoms with Crippen LogP contribution in [-0.2, 0) is 12.8 Å². The highest BCUT2D eigenvalue weighted by molar-refractivity contribution is 5.53. The number of benzene rings is 1. The summed E-state index contributed by atoms with van der Waals surface area (Å²) in [4.78, 5) is 0. The van der Waals surface area contributed by atoms with E-state index < -0.39 is 0 Å². The van der Waals surface area contributed by atoms with Crippen molar-refractivity contribution >= 4 is 0 Å². The van der Waals surface area contributed by atoms with Gasteiger partial charge in [0.1, 0.15) is 0 Å². The molecule has 3 aliphatic carbocycles. The van der Waals surface area contributed by atoms with E-state index in [9.17, 15) is 0 Å². The summed E-state index contributed by atoms with van der Waals surface area (Å²) < 4.78 is 0. The molecule has 0 N–H and O–H groups in total. The van der Waals surface area contributed by atoms with Crippen LogP contribution in [0.15, 0.2) is 12.1 Å². The zero-order valence-electron chi connectivity index (χ0n) is 7.84. The molecular formula is C13H14. The molecule has 2 unspecified atom stereocenters. The van der Waals surface area contributed by atoms with Crippen LogP contribution in [0.5, 0.6) is 0 Å². The second kappa shape index (κ2) is 2.00. The largest absolute Gasteiger partial charge is 0.0585 e. The molecule has 3 aliphatic rings. The Balaban J connectivity index is 2.11. The Morgan fingerprint density at radius 2 is 1.38 bits per heavy atom. The standard InChI is InChI=1S/C13H14/c1-2-9-4-6-11-7-10-5-3-8(1)12(10)13(9)11/h1-2,10-11H,3-7H2. The van der Waals surface area contributed by atoms with Gasteiger partial charge in [0.15, 0.2) is 0 Å². The molecule has 0 nitrogen and oxygen atoms in total. The van der Waals surface area contributed by atoms with Crippen molar-refractivity contribution in [3.8, 4) is 0 Å². The van der Waals surface area contributed by atoms with Crippen molar-refractivity contribution in [3.05, 3.63) is 34.4 Å². The average molecular weight is 170 g/mol. The van der Waals surface area contributed by atoms with E-state index in [0.29, 0.717) is 0 Å². The van der Waals surface area contributed by atoms with Crippen LogP contribution in [0.3, 0.4) is 0 Å². The third-order valence-corrected chi connectivity index (χ3v) is 4.38. The Morgan fingerprint density at radius 1 is 0.846 bits per heavy atom. The summed E-state index contributed by atoms with van der Waals surface area (Å²) in [5.41, 5.74) is 6.99. The molecule has 13 heavy (non-hydrogen) atoms. The molecular weight excluding hydrogens is 156 g/mol. The molecule has 0 aromatic heterocycles. The van der Waals surface area contributed by atoms with Gasteiger partial charge in [-0.05, 0) is 66.2 Å². The normalized spacial score (nSPS) is 32.6. The summed E-state index contributed by atoms with van der Waals surface area (Å²) in [5, 5.41) is 0. The van der Waals surface area contributed by atoms with Gasteiger partial charge in [0.05, 0.1) is 0 Å². The minimum Gasteiger partial charge on any atom is -0.0585 e. The molecule has 4 rings (SSSR count). The summed E-state index contributed by atoms with van der Waals surface area (Å²) in [6.45, 7) is 0. The van der Waals surface area contributed by atoms with Gasteiger partial charge in [-0.25, -0.2) is 0 Å². The maximum Gasteiger partial charge on any atom is -0.0147 e. The fraction of sp³-hybridized carbons (Fsp3) is 0.538. The Morgan fingerprint density at radius 3 is 1.92 bits per heavy atom. The molecule has 0 spiro atoms. The van der Waals surface area contributed by atoms with Crippen molar-refractivity contribution in [2.24, 2.45) is 0 Å². The van der Waals surface area contributed by atoms with Gasteiger partial charge in [0, 0.05) is 0 Å². The predicted molar refractivity (Wildman–Crippen MR) is 53.2 cm³/mol. The van der Waals surface area contributed by atoms with Crippen molar-refractivity contribution in [3.63, 3.8) is 0 Å². The Bertz CT molecular complexity index is 352. The summed E-state index contributed by atoms with van der Waals surface area (Å²) >= 11 is 0. The first-order chi connectivity index (χ1) is 6.43. The van der Waals surface area contributed by atoms with Crippen LogP contribution in [0.25, 0.3) is 0 Å². The van der Waals surface area contributed by atoms with Crippen LogP contribution >= 0.6 is 0 Å². The van der Waals surface area contributed by atoms with Crippen molar-refractivity contribution in [2.75, 3.05) is 0 Å². The van der Waals surface area contributed by atoms with Gasteiger partial charge in [0.2, 0.25) is 0 Å². The van der Waals surface area contributed by atoms with Crippen LogP contribution in [0.2, 0.25) is 0 Å². The summed E-state index contributed by atoms with van der Waals surface area (Å²) in [6, 6.07) is 4.81. The summed E-state index contributed by atoms with van der Waals surface area (Å²) in [5.74, 6) is 1.94. The first-order valence-electron chi connectivity index (χ1n) is 5.58. The first kappa shape index (κ1) is 6.64. The van der Waals surface area contributed by atoms with Crippen LogP contribution < -0.4 is 0 Å². The maximum absolute atomic E-state index is 2.40. The molecule has 0 saturated carbocycles. The molecule has 0 bridgehead atoms. The highest BCUT2D eigenvalue weighted by Crippen LogP contribution is 2.55. The molecule has 0 fully saturated rings. The van der Waals surface area contributed by atoms with E-state index in [1.54, 1.807) is 22.3 Å². The van der Waals surface area contributed by atoms with Gasteiger partial charge < -0.3 is 0 Å². The van der Waals surface area contributed by atoms with Crippen LogP contribution in [0, 0.1) is 0 Å². The summed E-state index contributed by atoms with van der Waals surface area (Å²) in [7, 11) is 0. The zero-order chi connectivity index (χ0) is 8.41. The second-order valence-corrected chi connectivity index (χ2v) is 4.92. The van der Waals surface area contributed by atoms with E-state index in [2.05, 4.69) is 12.1 Å². The number of rotatable bonds is 0. The smallest absolute Gasteiger partial charge is 0.0147 e. The monoisotopic (exact) mass is 170 g/mol. The fourth-order valence-electron chi connectivity index (χ4n) is 3.89. The minimum atomic E-state index is 0.968. The van der Waals surface area contributed by atoms with Crippen molar-refractivity contribution in [2.45, 2.75) is 43.9 Å². The molecule has 1 aromatic rings. The first-order valence-corrected chi connectivity index (χ1v) is 5.58. The third-order valence-electron chi connectivity index (χ3n) is 4.38. The van der Waals surface area contributed by atoms with Gasteiger partial charge in [-0.1, -0.05) is 12.1 Å². The minimum absolute atomic E-state index is 0.968. The lowest BCUT2D eigenvalue weighted by atomic mass is 10.00. The van der Waals surface area contributed by atoms with E-state index in [-0.39, 0.29) is 0 Å². The van der Waals surface area contributed by atoms with E-state index in [1.165, 1.54) is 32.1 Å². The topological polar surface area (TPSA) is 0 Å². The zero-order valence-corrected chi connectivity index (χ0v) is 7.84. The Labute approximate surface area is 79.0 Å². The highest BCUT2D eigenvalue weighted by Gasteiger charge is 2.40. The third kappa shape index (κ3) is 0.653. The lowest BCUT2D eigenvalue weighted by Crippen LogP contribution is -1.89. The molecule has 0 amide bonds. The van der Waals surface area contributed by atoms with Gasteiger partial charge in [-0.2, -0.15) is 0 Å². The van der Waals surface area contributed by atoms with Gasteiger partial charge in [-0.3, -0.25) is 0 Å². The van der Waals surface area contributed by atoms with E-state index in [1.807, 2.05) is 0 Å². The predicted octanol–water partition coefficient (Wildman–Crippen LogP) is 3.15. The van der Waals surface area contributed by atoms with E-state index >= 15 is 0 Å². The lowest BCUT2D eigenvalue weighted by molar-refractivity contribution is 0.567. The van der Waals surface area contributed by atoms with Crippen molar-refractivity contribution in [1.82, 2.24) is 0 Å². The number of hydrogen-bond donors (Lipinski definition) is 0. The lowest BCUT2D eigenvalue weighted by Gasteiger charge is -2.05. The molecule has 66 valence electrons. The average Bonchev–Trinajstić information content (AvgIpc) is 2.76. The maximum atomic E-state index is 2.40. The Hall–Kier alpha value is -0.780. The molecule has 0 aliphatic heterocycles. The molecule has 2 atom stereocenters. The SMILES string of the molecule is c1cc2c3c4c1CCC4CC3CC2. The van der Waals surface area contributed by atoms with Crippen LogP contribution in [0.1, 0.15) is 53.4 Å². The van der Waals surface area contributed by atoms with Crippen molar-refractivity contribution < 1.29 is 0 Å². The molecule has 1 aromatic carbocycles. The van der Waals surface area contributed by atoms with Gasteiger partial charge in [-0.15, -0.1) is 0 Å². The van der Waals surface area contributed by atoms with Gasteiger partial charge >= 0.3 is 0 Å². The van der Waals surface area contributed by atoms with E-state index in [4.69, 9.17) is 0 Å². The molecule has 0 saturated heterocycles. The van der Waals surface area contributed by atoms with Gasteiger partial charge in [0.25, 0.3) is 0 Å². The van der Waals surface area contributed by atoms with Crippen LogP contribution in [-0.4, -0.2) is 0 Å². The Kier molecular flexibility index (Phi) is 1.02. The molecule has 0 heterocycles. The quantitative estimate of drug-likeness (QED) is 0.561. The second-order valence-electron chi connectivity index (χ2n) is 4.92. The molecule has 0 radical (unpaired) electrons. The fourth-order valence-corrected chi connectivity index (χ4v) is 3.89. The molecule has 0 heteroatoms. The van der Waals surface area contributed by atoms with Crippen molar-refractivity contribution in [1.29, 1.82) is 0 Å². The van der Waals surface area contributed by atoms with Crippen LogP contribution in [0.4, 0.5) is 0 Å². The summed E-state index contributed by atoms with van der Waals surface area (Å²) in [6.07, 6.45) is 7.10. The van der Waals surface area contributed by atoms with E-state index in [0.717, 1.165) is 11.8 Å². The number of hydrogen-bond acceptors (Lipinski definition) is 0. The highest BCUT2D eigenvalue weighted by atomic mass is 14.4. The number of aryl methyl sites for hydroxylation is 2.